The average Bonchev–Trinajstić information content (AvgIpc) is 2.33. The van der Waals surface area contributed by atoms with Gasteiger partial charge in [-0.15, -0.1) is 0 Å². The van der Waals surface area contributed by atoms with Gasteiger partial charge < -0.3 is 15.4 Å². The van der Waals surface area contributed by atoms with E-state index in [0.717, 1.165) is 6.42 Å². The molecule has 7 heteroatoms. The first-order chi connectivity index (χ1) is 8.88. The van der Waals surface area contributed by atoms with Crippen molar-refractivity contribution in [3.8, 4) is 0 Å². The van der Waals surface area contributed by atoms with Crippen LogP contribution in [0, 0.1) is 5.92 Å². The van der Waals surface area contributed by atoms with Crippen molar-refractivity contribution in [1.29, 1.82) is 0 Å². The summed E-state index contributed by atoms with van der Waals surface area (Å²) in [5.74, 6) is 1.14. The molecule has 0 radical (unpaired) electrons. The molecule has 0 bridgehead atoms. The van der Waals surface area contributed by atoms with Gasteiger partial charge in [-0.1, -0.05) is 13.8 Å². The number of nitrogens with two attached hydrogens (primary N) is 1. The third-order valence-corrected chi connectivity index (χ3v) is 2.38. The van der Waals surface area contributed by atoms with Gasteiger partial charge in [-0.2, -0.15) is 15.0 Å². The van der Waals surface area contributed by atoms with E-state index in [1.54, 1.807) is 19.0 Å². The molecule has 106 valence electrons. The Morgan fingerprint density at radius 1 is 1.32 bits per heavy atom. The quantitative estimate of drug-likeness (QED) is 0.768. The molecule has 7 nitrogen and oxygen atoms in total. The molecule has 1 rings (SSSR count). The van der Waals surface area contributed by atoms with E-state index in [4.69, 9.17) is 10.5 Å². The van der Waals surface area contributed by atoms with E-state index in [2.05, 4.69) is 28.8 Å². The van der Waals surface area contributed by atoms with Crippen molar-refractivity contribution in [3.63, 3.8) is 0 Å². The fraction of sp³-hybridized carbons (Fsp3) is 0.667. The van der Waals surface area contributed by atoms with Crippen molar-refractivity contribution >= 4 is 17.9 Å². The number of aromatic nitrogens is 3. The maximum Gasteiger partial charge on any atom is 0.306 e. The zero-order valence-corrected chi connectivity index (χ0v) is 11.9. The molecular weight excluding hydrogens is 246 g/mol. The Kier molecular flexibility index (Phi) is 5.47. The van der Waals surface area contributed by atoms with Crippen molar-refractivity contribution in [3.05, 3.63) is 5.82 Å². The molecule has 1 heterocycles. The zero-order valence-electron chi connectivity index (χ0n) is 11.9. The van der Waals surface area contributed by atoms with Gasteiger partial charge in [0.15, 0.2) is 12.4 Å². The van der Waals surface area contributed by atoms with Gasteiger partial charge in [0.2, 0.25) is 11.9 Å². The second-order valence-corrected chi connectivity index (χ2v) is 4.90. The highest BCUT2D eigenvalue weighted by molar-refractivity contribution is 5.69. The number of ether oxygens (including phenoxy) is 1. The molecule has 0 aliphatic heterocycles. The Balaban J connectivity index is 2.55. The Bertz CT molecular complexity index is 434. The predicted molar refractivity (Wildman–Crippen MR) is 72.4 cm³/mol. The molecule has 0 saturated carbocycles. The number of rotatable bonds is 6. The van der Waals surface area contributed by atoms with Crippen LogP contribution in [0.4, 0.5) is 11.9 Å². The van der Waals surface area contributed by atoms with Gasteiger partial charge in [0, 0.05) is 20.5 Å². The number of hydrogen-bond acceptors (Lipinski definition) is 7. The Morgan fingerprint density at radius 2 is 2.00 bits per heavy atom. The van der Waals surface area contributed by atoms with Gasteiger partial charge in [-0.05, 0) is 12.3 Å². The lowest BCUT2D eigenvalue weighted by Crippen LogP contribution is -2.17. The summed E-state index contributed by atoms with van der Waals surface area (Å²) in [5, 5.41) is 0. The van der Waals surface area contributed by atoms with Crippen LogP contribution in [-0.4, -0.2) is 35.0 Å². The van der Waals surface area contributed by atoms with Crippen LogP contribution in [-0.2, 0) is 16.1 Å². The monoisotopic (exact) mass is 267 g/mol. The summed E-state index contributed by atoms with van der Waals surface area (Å²) in [7, 11) is 3.60. The molecule has 0 spiro atoms. The summed E-state index contributed by atoms with van der Waals surface area (Å²) >= 11 is 0. The Morgan fingerprint density at radius 3 is 2.58 bits per heavy atom. The van der Waals surface area contributed by atoms with E-state index in [-0.39, 0.29) is 18.5 Å². The lowest BCUT2D eigenvalue weighted by Gasteiger charge is -2.11. The molecule has 0 aliphatic carbocycles. The summed E-state index contributed by atoms with van der Waals surface area (Å²) in [5.41, 5.74) is 5.57. The Hall–Kier alpha value is -1.92. The molecule has 0 aromatic carbocycles. The molecule has 0 fully saturated rings. The van der Waals surface area contributed by atoms with Crippen molar-refractivity contribution in [1.82, 2.24) is 15.0 Å². The molecule has 19 heavy (non-hydrogen) atoms. The van der Waals surface area contributed by atoms with Gasteiger partial charge in [0.25, 0.3) is 0 Å². The van der Waals surface area contributed by atoms with Crippen molar-refractivity contribution in [2.45, 2.75) is 33.3 Å². The van der Waals surface area contributed by atoms with Crippen LogP contribution >= 0.6 is 0 Å². The fourth-order valence-electron chi connectivity index (χ4n) is 1.31. The highest BCUT2D eigenvalue weighted by Gasteiger charge is 2.09. The van der Waals surface area contributed by atoms with E-state index >= 15 is 0 Å². The van der Waals surface area contributed by atoms with Gasteiger partial charge in [0.1, 0.15) is 0 Å². The largest absolute Gasteiger partial charge is 0.457 e. The molecule has 0 amide bonds. The second-order valence-electron chi connectivity index (χ2n) is 4.90. The minimum absolute atomic E-state index is 0.0183. The van der Waals surface area contributed by atoms with E-state index in [9.17, 15) is 4.79 Å². The summed E-state index contributed by atoms with van der Waals surface area (Å²) in [6, 6.07) is 0. The first-order valence-corrected chi connectivity index (χ1v) is 6.22. The molecule has 0 aliphatic rings. The first kappa shape index (κ1) is 15.1. The second kappa shape index (κ2) is 6.86. The predicted octanol–water partition coefficient (Wildman–Crippen LogP) is 0.999. The minimum Gasteiger partial charge on any atom is -0.457 e. The topological polar surface area (TPSA) is 94.2 Å². The van der Waals surface area contributed by atoms with Crippen LogP contribution < -0.4 is 10.6 Å². The highest BCUT2D eigenvalue weighted by atomic mass is 16.5. The van der Waals surface area contributed by atoms with Crippen LogP contribution in [0.5, 0.6) is 0 Å². The third kappa shape index (κ3) is 5.50. The number of nitrogen functional groups attached to an aromatic ring is 1. The zero-order chi connectivity index (χ0) is 14.4. The lowest BCUT2D eigenvalue weighted by atomic mass is 10.1. The summed E-state index contributed by atoms with van der Waals surface area (Å²) in [6.07, 6.45) is 1.21. The van der Waals surface area contributed by atoms with Crippen molar-refractivity contribution in [2.24, 2.45) is 5.92 Å². The number of carbonyl (C=O) groups is 1. The number of hydrogen-bond donors (Lipinski definition) is 1. The normalized spacial score (nSPS) is 10.6. The molecule has 1 aromatic heterocycles. The van der Waals surface area contributed by atoms with Crippen LogP contribution in [0.1, 0.15) is 32.5 Å². The smallest absolute Gasteiger partial charge is 0.306 e. The molecule has 0 atom stereocenters. The molecule has 0 unspecified atom stereocenters. The van der Waals surface area contributed by atoms with E-state index < -0.39 is 0 Å². The standard InChI is InChI=1S/C12H21N5O2/c1-8(2)5-6-10(18)19-7-9-14-11(13)16-12(15-9)17(3)4/h8H,5-7H2,1-4H3,(H2,13,14,15,16). The van der Waals surface area contributed by atoms with Gasteiger partial charge in [-0.25, -0.2) is 0 Å². The summed E-state index contributed by atoms with van der Waals surface area (Å²) < 4.78 is 5.10. The molecular formula is C12H21N5O2. The third-order valence-electron chi connectivity index (χ3n) is 2.38. The van der Waals surface area contributed by atoms with Gasteiger partial charge >= 0.3 is 5.97 Å². The number of anilines is 2. The van der Waals surface area contributed by atoms with E-state index in [0.29, 0.717) is 24.1 Å². The fourth-order valence-corrected chi connectivity index (χ4v) is 1.31. The van der Waals surface area contributed by atoms with E-state index in [1.807, 2.05) is 0 Å². The number of esters is 1. The van der Waals surface area contributed by atoms with Crippen LogP contribution in [0.3, 0.4) is 0 Å². The van der Waals surface area contributed by atoms with Crippen molar-refractivity contribution < 1.29 is 9.53 Å². The maximum atomic E-state index is 11.5. The molecule has 1 aromatic rings. The average molecular weight is 267 g/mol. The SMILES string of the molecule is CC(C)CCC(=O)OCc1nc(N)nc(N(C)C)n1. The highest BCUT2D eigenvalue weighted by Crippen LogP contribution is 2.08. The summed E-state index contributed by atoms with van der Waals surface area (Å²) in [6.45, 7) is 4.14. The van der Waals surface area contributed by atoms with Crippen LogP contribution in [0.2, 0.25) is 0 Å². The molecule has 0 saturated heterocycles. The van der Waals surface area contributed by atoms with Crippen LogP contribution in [0.25, 0.3) is 0 Å². The molecule has 2 N–H and O–H groups in total. The minimum atomic E-state index is -0.251. The Labute approximate surface area is 113 Å². The van der Waals surface area contributed by atoms with Gasteiger partial charge in [-0.3, -0.25) is 4.79 Å². The lowest BCUT2D eigenvalue weighted by molar-refractivity contribution is -0.145. The van der Waals surface area contributed by atoms with Crippen molar-refractivity contribution in [2.75, 3.05) is 24.7 Å². The number of carbonyl (C=O) groups excluding carboxylic acids is 1. The summed E-state index contributed by atoms with van der Waals surface area (Å²) in [4.78, 5) is 25.2. The number of nitrogens with zero attached hydrogens (tertiary/aromatic N) is 4. The van der Waals surface area contributed by atoms with E-state index in [1.165, 1.54) is 0 Å². The first-order valence-electron chi connectivity index (χ1n) is 6.22. The van der Waals surface area contributed by atoms with Crippen LogP contribution in [0.15, 0.2) is 0 Å². The van der Waals surface area contributed by atoms with Gasteiger partial charge in [0.05, 0.1) is 0 Å². The maximum absolute atomic E-state index is 11.5.